The van der Waals surface area contributed by atoms with Gasteiger partial charge in [0.1, 0.15) is 11.7 Å². The molecular formula is C23H18F4N2O3. The summed E-state index contributed by atoms with van der Waals surface area (Å²) in [5.41, 5.74) is -0.396. The summed E-state index contributed by atoms with van der Waals surface area (Å²) < 4.78 is 60.0. The molecule has 3 aromatic rings. The van der Waals surface area contributed by atoms with Gasteiger partial charge in [-0.3, -0.25) is 19.1 Å². The van der Waals surface area contributed by atoms with Crippen LogP contribution in [-0.4, -0.2) is 35.8 Å². The molecule has 1 aliphatic heterocycles. The summed E-state index contributed by atoms with van der Waals surface area (Å²) in [6.45, 7) is 2.10. The summed E-state index contributed by atoms with van der Waals surface area (Å²) in [6, 6.07) is 8.51. The highest BCUT2D eigenvalue weighted by Gasteiger charge is 2.35. The van der Waals surface area contributed by atoms with E-state index in [1.165, 1.54) is 10.8 Å². The number of halogens is 4. The maximum atomic E-state index is 14.0. The van der Waals surface area contributed by atoms with Gasteiger partial charge < -0.3 is 4.74 Å². The van der Waals surface area contributed by atoms with E-state index in [4.69, 9.17) is 4.74 Å². The molecule has 0 aliphatic carbocycles. The lowest BCUT2D eigenvalue weighted by molar-refractivity contribution is -0.143. The Balaban J connectivity index is 1.98. The SMILES string of the molecule is CCOC(=O)C1C=NCCc2c1n(C(=O)c1cc(F)cc(C(F)(F)F)c1)c1ccccc21. The van der Waals surface area contributed by atoms with E-state index in [2.05, 4.69) is 4.99 Å². The molecule has 1 unspecified atom stereocenters. The van der Waals surface area contributed by atoms with Crippen molar-refractivity contribution in [3.8, 4) is 0 Å². The first-order chi connectivity index (χ1) is 15.2. The number of hydrogen-bond donors (Lipinski definition) is 0. The fourth-order valence-electron chi connectivity index (χ4n) is 3.97. The van der Waals surface area contributed by atoms with E-state index in [1.807, 2.05) is 0 Å². The summed E-state index contributed by atoms with van der Waals surface area (Å²) >= 11 is 0. The average Bonchev–Trinajstić information content (AvgIpc) is 2.90. The Bertz CT molecular complexity index is 1240. The Morgan fingerprint density at radius 1 is 1.19 bits per heavy atom. The van der Waals surface area contributed by atoms with Crippen LogP contribution in [-0.2, 0) is 22.1 Å². The highest BCUT2D eigenvalue weighted by Crippen LogP contribution is 2.35. The molecule has 0 radical (unpaired) electrons. The molecule has 4 rings (SSSR count). The zero-order valence-electron chi connectivity index (χ0n) is 16.9. The normalized spacial score (nSPS) is 16.0. The largest absolute Gasteiger partial charge is 0.465 e. The van der Waals surface area contributed by atoms with Gasteiger partial charge in [0.2, 0.25) is 0 Å². The number of benzene rings is 2. The Morgan fingerprint density at radius 2 is 1.94 bits per heavy atom. The molecular weight excluding hydrogens is 428 g/mol. The third kappa shape index (κ3) is 3.79. The molecule has 1 atom stereocenters. The van der Waals surface area contributed by atoms with Gasteiger partial charge in [0.25, 0.3) is 5.91 Å². The van der Waals surface area contributed by atoms with Gasteiger partial charge in [0, 0.05) is 29.4 Å². The van der Waals surface area contributed by atoms with E-state index in [-0.39, 0.29) is 12.3 Å². The summed E-state index contributed by atoms with van der Waals surface area (Å²) in [5, 5.41) is 0.670. The number of carbonyl (C=O) groups excluding carboxylic acids is 2. The van der Waals surface area contributed by atoms with Crippen LogP contribution < -0.4 is 0 Å². The molecule has 0 fully saturated rings. The second kappa shape index (κ2) is 8.22. The maximum Gasteiger partial charge on any atom is 0.416 e. The number of aliphatic imine (C=N–C) groups is 1. The van der Waals surface area contributed by atoms with E-state index in [0.29, 0.717) is 41.6 Å². The summed E-state index contributed by atoms with van der Waals surface area (Å²) in [4.78, 5) is 30.4. The van der Waals surface area contributed by atoms with Crippen LogP contribution in [0.1, 0.15) is 40.0 Å². The first kappa shape index (κ1) is 21.7. The summed E-state index contributed by atoms with van der Waals surface area (Å²) in [5.74, 6) is -3.72. The van der Waals surface area contributed by atoms with Gasteiger partial charge in [-0.1, -0.05) is 18.2 Å². The summed E-state index contributed by atoms with van der Waals surface area (Å²) in [7, 11) is 0. The van der Waals surface area contributed by atoms with Crippen molar-refractivity contribution in [3.63, 3.8) is 0 Å². The quantitative estimate of drug-likeness (QED) is 0.431. The van der Waals surface area contributed by atoms with Crippen LogP contribution in [0.15, 0.2) is 47.5 Å². The average molecular weight is 446 g/mol. The first-order valence-corrected chi connectivity index (χ1v) is 9.93. The fourth-order valence-corrected chi connectivity index (χ4v) is 3.97. The lowest BCUT2D eigenvalue weighted by Gasteiger charge is -2.16. The van der Waals surface area contributed by atoms with E-state index >= 15 is 0 Å². The van der Waals surface area contributed by atoms with Crippen molar-refractivity contribution in [2.45, 2.75) is 25.4 Å². The van der Waals surface area contributed by atoms with Crippen LogP contribution in [0.25, 0.3) is 10.9 Å². The molecule has 0 saturated carbocycles. The van der Waals surface area contributed by atoms with Gasteiger partial charge in [-0.25, -0.2) is 4.39 Å². The van der Waals surface area contributed by atoms with Gasteiger partial charge in [-0.15, -0.1) is 0 Å². The van der Waals surface area contributed by atoms with Crippen LogP contribution in [0, 0.1) is 5.82 Å². The zero-order chi connectivity index (χ0) is 23.0. The minimum absolute atomic E-state index is 0.103. The molecule has 0 spiro atoms. The van der Waals surface area contributed by atoms with Crippen molar-refractivity contribution < 1.29 is 31.9 Å². The molecule has 0 saturated heterocycles. The van der Waals surface area contributed by atoms with Gasteiger partial charge >= 0.3 is 12.1 Å². The van der Waals surface area contributed by atoms with Gasteiger partial charge in [0.05, 0.1) is 17.7 Å². The van der Waals surface area contributed by atoms with E-state index in [9.17, 15) is 27.2 Å². The third-order valence-electron chi connectivity index (χ3n) is 5.28. The number of ether oxygens (including phenoxy) is 1. The van der Waals surface area contributed by atoms with Gasteiger partial charge in [-0.2, -0.15) is 13.2 Å². The number of carbonyl (C=O) groups is 2. The van der Waals surface area contributed by atoms with Crippen LogP contribution in [0.5, 0.6) is 0 Å². The molecule has 0 bridgehead atoms. The topological polar surface area (TPSA) is 60.7 Å². The van der Waals surface area contributed by atoms with Crippen molar-refractivity contribution >= 4 is 29.0 Å². The second-order valence-electron chi connectivity index (χ2n) is 7.28. The van der Waals surface area contributed by atoms with Crippen LogP contribution in [0.2, 0.25) is 0 Å². The number of aromatic nitrogens is 1. The zero-order valence-corrected chi connectivity index (χ0v) is 16.9. The van der Waals surface area contributed by atoms with E-state index < -0.39 is 40.9 Å². The van der Waals surface area contributed by atoms with Crippen LogP contribution in [0.3, 0.4) is 0 Å². The van der Waals surface area contributed by atoms with Crippen molar-refractivity contribution in [2.24, 2.45) is 4.99 Å². The monoisotopic (exact) mass is 446 g/mol. The minimum Gasteiger partial charge on any atom is -0.465 e. The van der Waals surface area contributed by atoms with E-state index in [0.717, 1.165) is 6.07 Å². The van der Waals surface area contributed by atoms with Crippen LogP contribution >= 0.6 is 0 Å². The van der Waals surface area contributed by atoms with E-state index in [1.54, 1.807) is 31.2 Å². The highest BCUT2D eigenvalue weighted by molar-refractivity contribution is 6.07. The Labute approximate surface area is 180 Å². The molecule has 1 aromatic heterocycles. The molecule has 0 amide bonds. The Kier molecular flexibility index (Phi) is 5.58. The van der Waals surface area contributed by atoms with Crippen molar-refractivity contribution in [1.29, 1.82) is 0 Å². The standard InChI is InChI=1S/C23H18F4N2O3/c1-2-32-22(31)18-12-28-8-7-17-16-5-3-4-6-19(16)29(20(17)18)21(30)13-9-14(23(25,26)27)11-15(24)10-13/h3-6,9-12,18H,2,7-8H2,1H3. The fraction of sp³-hybridized carbons (Fsp3) is 0.261. The molecule has 2 aromatic carbocycles. The molecule has 166 valence electrons. The molecule has 1 aliphatic rings. The molecule has 9 heteroatoms. The molecule has 0 N–H and O–H groups in total. The highest BCUT2D eigenvalue weighted by atomic mass is 19.4. The Morgan fingerprint density at radius 3 is 2.66 bits per heavy atom. The lowest BCUT2D eigenvalue weighted by Crippen LogP contribution is -2.24. The minimum atomic E-state index is -4.83. The first-order valence-electron chi connectivity index (χ1n) is 9.93. The van der Waals surface area contributed by atoms with Crippen molar-refractivity contribution in [3.05, 3.63) is 70.7 Å². The third-order valence-corrected chi connectivity index (χ3v) is 5.28. The van der Waals surface area contributed by atoms with Crippen molar-refractivity contribution in [1.82, 2.24) is 4.57 Å². The predicted molar refractivity (Wildman–Crippen MR) is 110 cm³/mol. The number of alkyl halides is 3. The molecule has 2 heterocycles. The van der Waals surface area contributed by atoms with Gasteiger partial charge in [-0.05, 0) is 43.2 Å². The van der Waals surface area contributed by atoms with Crippen LogP contribution in [0.4, 0.5) is 17.6 Å². The lowest BCUT2D eigenvalue weighted by atomic mass is 9.99. The van der Waals surface area contributed by atoms with Gasteiger partial charge in [0.15, 0.2) is 0 Å². The number of fused-ring (bicyclic) bond motifs is 3. The number of esters is 1. The number of rotatable bonds is 3. The van der Waals surface area contributed by atoms with Crippen molar-refractivity contribution in [2.75, 3.05) is 13.2 Å². The molecule has 5 nitrogen and oxygen atoms in total. The predicted octanol–water partition coefficient (Wildman–Crippen LogP) is 4.76. The second-order valence-corrected chi connectivity index (χ2v) is 7.28. The number of nitrogens with zero attached hydrogens (tertiary/aromatic N) is 2. The maximum absolute atomic E-state index is 14.0. The number of hydrogen-bond acceptors (Lipinski definition) is 4. The smallest absolute Gasteiger partial charge is 0.416 e. The summed E-state index contributed by atoms with van der Waals surface area (Å²) in [6.07, 6.45) is -3.02. The number of para-hydroxylation sites is 1. The molecule has 32 heavy (non-hydrogen) atoms. The Hall–Kier alpha value is -3.49.